The summed E-state index contributed by atoms with van der Waals surface area (Å²) in [5.41, 5.74) is 1.58. The number of carbonyl (C=O) groups excluding carboxylic acids is 1. The van der Waals surface area contributed by atoms with Crippen LogP contribution in [0.3, 0.4) is 0 Å². The number of H-pyrrole nitrogens is 1. The highest BCUT2D eigenvalue weighted by molar-refractivity contribution is 7.80. The molecule has 4 aromatic rings. The quantitative estimate of drug-likeness (QED) is 0.381. The zero-order valence-corrected chi connectivity index (χ0v) is 16.9. The van der Waals surface area contributed by atoms with Crippen molar-refractivity contribution in [1.29, 1.82) is 0 Å². The smallest absolute Gasteiger partial charge is 0.414 e. The van der Waals surface area contributed by atoms with Crippen molar-refractivity contribution in [3.8, 4) is 0 Å². The Bertz CT molecular complexity index is 1200. The first-order valence-electron chi connectivity index (χ1n) is 9.32. The highest BCUT2D eigenvalue weighted by Crippen LogP contribution is 2.29. The SMILES string of the molecule is O=C(Cc1ccc(C(F)(F)F)cc1)N[C@@H](Cc1c[nH]c2ccccc12)c1nnc(S)o1. The molecule has 2 heterocycles. The van der Waals surface area contributed by atoms with Crippen molar-refractivity contribution in [2.24, 2.45) is 0 Å². The molecule has 0 saturated heterocycles. The highest BCUT2D eigenvalue weighted by atomic mass is 32.1. The van der Waals surface area contributed by atoms with Gasteiger partial charge in [0.05, 0.1) is 12.0 Å². The molecule has 0 aliphatic carbocycles. The molecule has 160 valence electrons. The number of nitrogens with zero attached hydrogens (tertiary/aromatic N) is 2. The van der Waals surface area contributed by atoms with E-state index in [4.69, 9.17) is 4.42 Å². The maximum absolute atomic E-state index is 12.7. The molecular weight excluding hydrogens is 429 g/mol. The van der Waals surface area contributed by atoms with Crippen LogP contribution in [0.5, 0.6) is 0 Å². The zero-order valence-electron chi connectivity index (χ0n) is 16.0. The summed E-state index contributed by atoms with van der Waals surface area (Å²) < 4.78 is 43.6. The number of aromatic amines is 1. The van der Waals surface area contributed by atoms with Crippen molar-refractivity contribution in [1.82, 2.24) is 20.5 Å². The summed E-state index contributed by atoms with van der Waals surface area (Å²) in [7, 11) is 0. The molecular formula is C21H17F3N4O2S. The molecule has 2 aromatic carbocycles. The summed E-state index contributed by atoms with van der Waals surface area (Å²) >= 11 is 4.03. The van der Waals surface area contributed by atoms with Crippen molar-refractivity contribution >= 4 is 29.4 Å². The van der Waals surface area contributed by atoms with Gasteiger partial charge in [0.1, 0.15) is 6.04 Å². The molecule has 0 radical (unpaired) electrons. The van der Waals surface area contributed by atoms with Crippen LogP contribution in [0.2, 0.25) is 0 Å². The Labute approximate surface area is 180 Å². The predicted octanol–water partition coefficient (Wildman–Crippen LogP) is 4.50. The van der Waals surface area contributed by atoms with Crippen LogP contribution in [-0.2, 0) is 23.8 Å². The number of amides is 1. The highest BCUT2D eigenvalue weighted by Gasteiger charge is 2.30. The van der Waals surface area contributed by atoms with Crippen LogP contribution in [0, 0.1) is 0 Å². The summed E-state index contributed by atoms with van der Waals surface area (Å²) in [5.74, 6) is -0.195. The summed E-state index contributed by atoms with van der Waals surface area (Å²) in [6, 6.07) is 11.6. The van der Waals surface area contributed by atoms with Crippen molar-refractivity contribution in [3.63, 3.8) is 0 Å². The maximum atomic E-state index is 12.7. The Balaban J connectivity index is 1.51. The standard InChI is InChI=1S/C21H17F3N4O2S/c22-21(23,24)14-7-5-12(6-8-14)9-18(29)26-17(19-27-28-20(31)30-19)10-13-11-25-16-4-2-1-3-15(13)16/h1-8,11,17,25H,9-10H2,(H,26,29)(H,28,31)/t17-/m0/s1. The van der Waals surface area contributed by atoms with Crippen LogP contribution in [0.4, 0.5) is 13.2 Å². The van der Waals surface area contributed by atoms with Gasteiger partial charge in [-0.2, -0.15) is 13.2 Å². The minimum atomic E-state index is -4.42. The number of rotatable bonds is 6. The number of fused-ring (bicyclic) bond motifs is 1. The second kappa shape index (κ2) is 8.46. The summed E-state index contributed by atoms with van der Waals surface area (Å²) in [6.45, 7) is 0. The van der Waals surface area contributed by atoms with Crippen molar-refractivity contribution in [2.45, 2.75) is 30.3 Å². The molecule has 10 heteroatoms. The molecule has 2 N–H and O–H groups in total. The zero-order chi connectivity index (χ0) is 22.0. The number of para-hydroxylation sites is 1. The average Bonchev–Trinajstić information content (AvgIpc) is 3.34. The van der Waals surface area contributed by atoms with E-state index < -0.39 is 17.8 Å². The Hall–Kier alpha value is -3.27. The molecule has 0 aliphatic heterocycles. The monoisotopic (exact) mass is 446 g/mol. The van der Waals surface area contributed by atoms with Crippen LogP contribution in [-0.4, -0.2) is 21.1 Å². The molecule has 0 spiro atoms. The minimum absolute atomic E-state index is 0.0657. The van der Waals surface area contributed by atoms with Gasteiger partial charge in [-0.15, -0.1) is 10.2 Å². The van der Waals surface area contributed by atoms with Crippen molar-refractivity contribution in [3.05, 3.63) is 77.3 Å². The average molecular weight is 446 g/mol. The third kappa shape index (κ3) is 4.91. The van der Waals surface area contributed by atoms with Gasteiger partial charge in [-0.25, -0.2) is 0 Å². The van der Waals surface area contributed by atoms with Crippen LogP contribution in [0.1, 0.15) is 28.6 Å². The van der Waals surface area contributed by atoms with Gasteiger partial charge < -0.3 is 14.7 Å². The van der Waals surface area contributed by atoms with Gasteiger partial charge in [0, 0.05) is 23.5 Å². The normalized spacial score (nSPS) is 12.8. The summed E-state index contributed by atoms with van der Waals surface area (Å²) in [6.07, 6.45) is -2.30. The fourth-order valence-electron chi connectivity index (χ4n) is 3.33. The van der Waals surface area contributed by atoms with Crippen LogP contribution >= 0.6 is 12.6 Å². The third-order valence-electron chi connectivity index (χ3n) is 4.81. The number of thiol groups is 1. The molecule has 0 unspecified atom stereocenters. The van der Waals surface area contributed by atoms with E-state index in [1.807, 2.05) is 30.5 Å². The van der Waals surface area contributed by atoms with Gasteiger partial charge in [0.15, 0.2) is 0 Å². The van der Waals surface area contributed by atoms with Gasteiger partial charge in [-0.1, -0.05) is 43.0 Å². The van der Waals surface area contributed by atoms with E-state index in [0.29, 0.717) is 12.0 Å². The molecule has 0 saturated carbocycles. The third-order valence-corrected chi connectivity index (χ3v) is 4.99. The number of halogens is 3. The summed E-state index contributed by atoms with van der Waals surface area (Å²) in [5, 5.41) is 11.6. The first-order chi connectivity index (χ1) is 14.8. The number of hydrogen-bond donors (Lipinski definition) is 3. The first kappa shape index (κ1) is 21.0. The van der Waals surface area contributed by atoms with E-state index in [0.717, 1.165) is 28.6 Å². The topological polar surface area (TPSA) is 83.8 Å². The van der Waals surface area contributed by atoms with E-state index in [2.05, 4.69) is 33.1 Å². The van der Waals surface area contributed by atoms with Crippen molar-refractivity contribution in [2.75, 3.05) is 0 Å². The van der Waals surface area contributed by atoms with Gasteiger partial charge in [-0.05, 0) is 29.3 Å². The van der Waals surface area contributed by atoms with Crippen LogP contribution < -0.4 is 5.32 Å². The molecule has 0 bridgehead atoms. The van der Waals surface area contributed by atoms with Gasteiger partial charge >= 0.3 is 6.18 Å². The van der Waals surface area contributed by atoms with Crippen LogP contribution in [0.15, 0.2) is 64.4 Å². The molecule has 0 aliphatic rings. The number of alkyl halides is 3. The second-order valence-corrected chi connectivity index (χ2v) is 7.36. The van der Waals surface area contributed by atoms with Crippen LogP contribution in [0.25, 0.3) is 10.9 Å². The number of benzene rings is 2. The molecule has 1 amide bonds. The number of aromatic nitrogens is 3. The van der Waals surface area contributed by atoms with E-state index in [1.54, 1.807) is 0 Å². The lowest BCUT2D eigenvalue weighted by atomic mass is 10.0. The van der Waals surface area contributed by atoms with Crippen molar-refractivity contribution < 1.29 is 22.4 Å². The Morgan fingerprint density at radius 3 is 2.55 bits per heavy atom. The van der Waals surface area contributed by atoms with E-state index in [1.165, 1.54) is 12.1 Å². The number of nitrogens with one attached hydrogen (secondary N) is 2. The maximum Gasteiger partial charge on any atom is 0.416 e. The second-order valence-electron chi connectivity index (χ2n) is 6.98. The van der Waals surface area contributed by atoms with E-state index in [-0.39, 0.29) is 23.4 Å². The largest absolute Gasteiger partial charge is 0.416 e. The lowest BCUT2D eigenvalue weighted by Crippen LogP contribution is -2.31. The van der Waals surface area contributed by atoms with E-state index in [9.17, 15) is 18.0 Å². The Morgan fingerprint density at radius 2 is 1.87 bits per heavy atom. The molecule has 31 heavy (non-hydrogen) atoms. The Morgan fingerprint density at radius 1 is 1.13 bits per heavy atom. The van der Waals surface area contributed by atoms with Gasteiger partial charge in [-0.3, -0.25) is 4.79 Å². The molecule has 2 aromatic heterocycles. The number of carbonyl (C=O) groups is 1. The molecule has 6 nitrogen and oxygen atoms in total. The van der Waals surface area contributed by atoms with E-state index >= 15 is 0 Å². The Kier molecular flexibility index (Phi) is 5.73. The lowest BCUT2D eigenvalue weighted by Gasteiger charge is -2.15. The molecule has 4 rings (SSSR count). The fourth-order valence-corrected chi connectivity index (χ4v) is 3.47. The van der Waals surface area contributed by atoms with Gasteiger partial charge in [0.25, 0.3) is 5.22 Å². The van der Waals surface area contributed by atoms with Gasteiger partial charge in [0.2, 0.25) is 11.8 Å². The molecule has 0 fully saturated rings. The first-order valence-corrected chi connectivity index (χ1v) is 9.77. The fraction of sp³-hybridized carbons (Fsp3) is 0.190. The lowest BCUT2D eigenvalue weighted by molar-refractivity contribution is -0.137. The minimum Gasteiger partial charge on any atom is -0.414 e. The molecule has 1 atom stereocenters. The summed E-state index contributed by atoms with van der Waals surface area (Å²) in [4.78, 5) is 15.8. The number of hydrogen-bond acceptors (Lipinski definition) is 5. The predicted molar refractivity (Wildman–Crippen MR) is 110 cm³/mol.